The van der Waals surface area contributed by atoms with Crippen molar-refractivity contribution in [3.63, 3.8) is 0 Å². The number of fused-ring (bicyclic) bond motifs is 1. The summed E-state index contributed by atoms with van der Waals surface area (Å²) >= 11 is 0. The fourth-order valence-electron chi connectivity index (χ4n) is 4.97. The van der Waals surface area contributed by atoms with Crippen LogP contribution >= 0.6 is 0 Å². The lowest BCUT2D eigenvalue weighted by Crippen LogP contribution is -2.37. The van der Waals surface area contributed by atoms with Gasteiger partial charge in [0, 0.05) is 0 Å². The maximum Gasteiger partial charge on any atom is 0.278 e. The van der Waals surface area contributed by atoms with Crippen LogP contribution in [0.3, 0.4) is 0 Å². The summed E-state index contributed by atoms with van der Waals surface area (Å²) in [7, 11) is 2.78. The van der Waals surface area contributed by atoms with Crippen molar-refractivity contribution in [1.82, 2.24) is 0 Å². The van der Waals surface area contributed by atoms with Gasteiger partial charge in [0.05, 0.1) is 48.8 Å². The van der Waals surface area contributed by atoms with Gasteiger partial charge in [-0.2, -0.15) is 0 Å². The van der Waals surface area contributed by atoms with Crippen molar-refractivity contribution in [1.29, 1.82) is 0 Å². The molecule has 2 aliphatic heterocycles. The molecular weight excluding hydrogens is 494 g/mol. The van der Waals surface area contributed by atoms with Gasteiger partial charge in [-0.3, -0.25) is 24.5 Å². The summed E-state index contributed by atoms with van der Waals surface area (Å²) in [6, 6.07) is 17.2. The van der Waals surface area contributed by atoms with Crippen molar-refractivity contribution in [3.8, 4) is 17.2 Å². The predicted molar refractivity (Wildman–Crippen MR) is 136 cm³/mol. The third-order valence-electron chi connectivity index (χ3n) is 6.58. The van der Waals surface area contributed by atoms with Crippen LogP contribution in [0, 0.1) is 16.0 Å². The number of ether oxygens (including phenoxy) is 3. The van der Waals surface area contributed by atoms with Gasteiger partial charge in [0.2, 0.25) is 5.91 Å². The number of nitrogens with zero attached hydrogens (tertiary/aromatic N) is 3. The number of nitro benzene ring substituents is 1. The third-order valence-corrected chi connectivity index (χ3v) is 6.58. The van der Waals surface area contributed by atoms with Gasteiger partial charge in [-0.15, -0.1) is 0 Å². The normalized spacial score (nSPS) is 20.4. The highest BCUT2D eigenvalue weighted by Crippen LogP contribution is 2.51. The number of rotatable bonds is 8. The Kier molecular flexibility index (Phi) is 6.60. The first-order chi connectivity index (χ1) is 18.4. The molecule has 0 aromatic heterocycles. The fourth-order valence-corrected chi connectivity index (χ4v) is 4.97. The zero-order valence-electron chi connectivity index (χ0n) is 20.9. The standard InChI is InChI=1S/C27H25N3O8/c1-4-37-20-13-9-8-12-18(20)28-26(31)23-24(17-14-21(35-2)22(36-3)15-19(17)30(33)34)29(38-25(23)27(28)32)16-10-6-5-7-11-16/h5-15,23-25H,4H2,1-3H3/t23-,24+,25-/m0/s1. The van der Waals surface area contributed by atoms with Crippen molar-refractivity contribution in [3.05, 3.63) is 82.4 Å². The van der Waals surface area contributed by atoms with E-state index in [4.69, 9.17) is 19.0 Å². The van der Waals surface area contributed by atoms with Crippen LogP contribution in [0.5, 0.6) is 17.2 Å². The largest absolute Gasteiger partial charge is 0.493 e. The second-order valence-electron chi connectivity index (χ2n) is 8.59. The van der Waals surface area contributed by atoms with Crippen LogP contribution in [0.4, 0.5) is 17.1 Å². The lowest BCUT2D eigenvalue weighted by Gasteiger charge is -2.29. The Balaban J connectivity index is 1.68. The van der Waals surface area contributed by atoms with E-state index >= 15 is 0 Å². The summed E-state index contributed by atoms with van der Waals surface area (Å²) in [6.07, 6.45) is -1.21. The summed E-state index contributed by atoms with van der Waals surface area (Å²) in [6.45, 7) is 2.13. The highest BCUT2D eigenvalue weighted by Gasteiger charge is 2.61. The van der Waals surface area contributed by atoms with E-state index in [-0.39, 0.29) is 28.4 Å². The molecule has 2 fully saturated rings. The van der Waals surface area contributed by atoms with Gasteiger partial charge in [-0.05, 0) is 37.3 Å². The number of benzene rings is 3. The van der Waals surface area contributed by atoms with E-state index in [9.17, 15) is 19.7 Å². The maximum atomic E-state index is 14.0. The summed E-state index contributed by atoms with van der Waals surface area (Å²) in [5.41, 5.74) is 0.656. The molecule has 11 nitrogen and oxygen atoms in total. The maximum absolute atomic E-state index is 14.0. The second kappa shape index (κ2) is 10.0. The number of imide groups is 1. The molecule has 0 aliphatic carbocycles. The molecule has 2 saturated heterocycles. The SMILES string of the molecule is CCOc1ccccc1N1C(=O)[C@@H]2[C@H](ON(c3ccccc3)[C@@H]2c2cc(OC)c(OC)cc2[N+](=O)[O-])C1=O. The molecule has 3 aromatic rings. The molecule has 0 bridgehead atoms. The Bertz CT molecular complexity index is 1400. The smallest absolute Gasteiger partial charge is 0.278 e. The van der Waals surface area contributed by atoms with Crippen LogP contribution in [0.1, 0.15) is 18.5 Å². The van der Waals surface area contributed by atoms with Gasteiger partial charge in [-0.25, -0.2) is 9.96 Å². The first kappa shape index (κ1) is 25.0. The molecule has 3 aromatic carbocycles. The van der Waals surface area contributed by atoms with Gasteiger partial charge < -0.3 is 14.2 Å². The second-order valence-corrected chi connectivity index (χ2v) is 8.59. The van der Waals surface area contributed by atoms with E-state index in [0.29, 0.717) is 18.0 Å². The number of methoxy groups -OCH3 is 2. The molecule has 5 rings (SSSR count). The third kappa shape index (κ3) is 3.97. The highest BCUT2D eigenvalue weighted by atomic mass is 16.7. The average Bonchev–Trinajstić information content (AvgIpc) is 3.44. The number of hydroxylamine groups is 1. The Labute approximate surface area is 218 Å². The quantitative estimate of drug-likeness (QED) is 0.246. The Hall–Kier alpha value is -4.64. The lowest BCUT2D eigenvalue weighted by molar-refractivity contribution is -0.385. The number of carbonyl (C=O) groups excluding carboxylic acids is 2. The Morgan fingerprint density at radius 3 is 2.24 bits per heavy atom. The number of nitro groups is 1. The van der Waals surface area contributed by atoms with E-state index < -0.39 is 34.8 Å². The number of amides is 2. The number of hydrogen-bond acceptors (Lipinski definition) is 9. The molecule has 3 atom stereocenters. The number of carbonyl (C=O) groups is 2. The molecular formula is C27H25N3O8. The lowest BCUT2D eigenvalue weighted by atomic mass is 9.89. The Morgan fingerprint density at radius 2 is 1.58 bits per heavy atom. The molecule has 0 unspecified atom stereocenters. The molecule has 196 valence electrons. The van der Waals surface area contributed by atoms with Crippen LogP contribution < -0.4 is 24.2 Å². The molecule has 2 amide bonds. The number of para-hydroxylation sites is 3. The molecule has 11 heteroatoms. The van der Waals surface area contributed by atoms with Crippen LogP contribution in [0.2, 0.25) is 0 Å². The van der Waals surface area contributed by atoms with E-state index in [1.165, 1.54) is 31.4 Å². The summed E-state index contributed by atoms with van der Waals surface area (Å²) in [5, 5.41) is 13.6. The summed E-state index contributed by atoms with van der Waals surface area (Å²) < 4.78 is 16.4. The molecule has 0 radical (unpaired) electrons. The highest BCUT2D eigenvalue weighted by molar-refractivity contribution is 6.24. The van der Waals surface area contributed by atoms with Crippen molar-refractivity contribution in [2.24, 2.45) is 5.92 Å². The predicted octanol–water partition coefficient (Wildman–Crippen LogP) is 4.06. The monoisotopic (exact) mass is 519 g/mol. The first-order valence-electron chi connectivity index (χ1n) is 11.9. The minimum Gasteiger partial charge on any atom is -0.493 e. The summed E-state index contributed by atoms with van der Waals surface area (Å²) in [4.78, 5) is 46.5. The van der Waals surface area contributed by atoms with E-state index in [1.54, 1.807) is 61.5 Å². The number of anilines is 2. The minimum atomic E-state index is -1.21. The van der Waals surface area contributed by atoms with Gasteiger partial charge in [-0.1, -0.05) is 30.3 Å². The molecule has 2 heterocycles. The summed E-state index contributed by atoms with van der Waals surface area (Å²) in [5.74, 6) is -1.47. The van der Waals surface area contributed by atoms with Crippen LogP contribution in [-0.4, -0.2) is 43.7 Å². The molecule has 0 N–H and O–H groups in total. The average molecular weight is 520 g/mol. The van der Waals surface area contributed by atoms with Gasteiger partial charge in [0.1, 0.15) is 17.7 Å². The van der Waals surface area contributed by atoms with Gasteiger partial charge in [0.15, 0.2) is 17.6 Å². The van der Waals surface area contributed by atoms with Crippen LogP contribution in [0.25, 0.3) is 0 Å². The minimum absolute atomic E-state index is 0.144. The first-order valence-corrected chi connectivity index (χ1v) is 11.9. The zero-order chi connectivity index (χ0) is 27.0. The molecule has 0 saturated carbocycles. The topological polar surface area (TPSA) is 121 Å². The molecule has 0 spiro atoms. The van der Waals surface area contributed by atoms with Crippen molar-refractivity contribution < 1.29 is 33.6 Å². The Morgan fingerprint density at radius 1 is 0.921 bits per heavy atom. The molecule has 38 heavy (non-hydrogen) atoms. The molecule has 2 aliphatic rings. The van der Waals surface area contributed by atoms with Crippen LogP contribution in [0.15, 0.2) is 66.7 Å². The van der Waals surface area contributed by atoms with Gasteiger partial charge >= 0.3 is 0 Å². The van der Waals surface area contributed by atoms with E-state index in [2.05, 4.69) is 0 Å². The van der Waals surface area contributed by atoms with Crippen molar-refractivity contribution >= 4 is 28.9 Å². The fraction of sp³-hybridized carbons (Fsp3) is 0.259. The van der Waals surface area contributed by atoms with Crippen molar-refractivity contribution in [2.75, 3.05) is 30.8 Å². The van der Waals surface area contributed by atoms with Crippen molar-refractivity contribution in [2.45, 2.75) is 19.1 Å². The number of hydrogen-bond donors (Lipinski definition) is 0. The van der Waals surface area contributed by atoms with E-state index in [1.807, 2.05) is 0 Å². The van der Waals surface area contributed by atoms with Gasteiger partial charge in [0.25, 0.3) is 11.6 Å². The zero-order valence-corrected chi connectivity index (χ0v) is 20.9. The van der Waals surface area contributed by atoms with Crippen LogP contribution in [-0.2, 0) is 14.4 Å². The van der Waals surface area contributed by atoms with E-state index in [0.717, 1.165) is 4.90 Å².